The van der Waals surface area contributed by atoms with E-state index < -0.39 is 0 Å². The van der Waals surface area contributed by atoms with Gasteiger partial charge in [0.2, 0.25) is 0 Å². The fourth-order valence-electron chi connectivity index (χ4n) is 1.03. The van der Waals surface area contributed by atoms with Gasteiger partial charge in [-0.05, 0) is 0 Å². The minimum atomic E-state index is 0.994. The Labute approximate surface area is 72.3 Å². The Morgan fingerprint density at radius 3 is 2.70 bits per heavy atom. The highest BCUT2D eigenvalue weighted by molar-refractivity contribution is 7.99. The molecule has 60 valence electrons. The van der Waals surface area contributed by atoms with E-state index in [9.17, 15) is 0 Å². The van der Waals surface area contributed by atoms with E-state index in [0.717, 1.165) is 13.1 Å². The summed E-state index contributed by atoms with van der Waals surface area (Å²) in [6.07, 6.45) is 0. The number of hydrogen-bond donors (Lipinski definition) is 2. The second-order valence-corrected chi connectivity index (χ2v) is 3.90. The van der Waals surface area contributed by atoms with Gasteiger partial charge >= 0.3 is 0 Å². The smallest absolute Gasteiger partial charge is 0.0184 e. The van der Waals surface area contributed by atoms with Gasteiger partial charge in [-0.1, -0.05) is 12.8 Å². The van der Waals surface area contributed by atoms with Gasteiger partial charge in [0, 0.05) is 37.7 Å². The molecule has 1 heterocycles. The second kappa shape index (κ2) is 5.29. The van der Waals surface area contributed by atoms with E-state index >= 15 is 0 Å². The summed E-state index contributed by atoms with van der Waals surface area (Å²) in [7, 11) is 0. The molecule has 1 saturated heterocycles. The maximum Gasteiger partial charge on any atom is 0.0184 e. The van der Waals surface area contributed by atoms with Gasteiger partial charge in [-0.15, -0.1) is 0 Å². The molecular weight excluding hydrogens is 164 g/mol. The maximum atomic E-state index is 3.94. The third-order valence-electron chi connectivity index (χ3n) is 1.64. The number of nitrogens with zero attached hydrogens (tertiary/aromatic N) is 1. The second-order valence-electron chi connectivity index (χ2n) is 2.36. The molecule has 1 N–H and O–H groups in total. The average molecular weight is 178 g/mol. The van der Waals surface area contributed by atoms with Crippen LogP contribution >= 0.6 is 24.6 Å². The molecule has 0 aromatic rings. The van der Waals surface area contributed by atoms with Gasteiger partial charge in [0.15, 0.2) is 0 Å². The molecule has 1 aliphatic rings. The van der Waals surface area contributed by atoms with E-state index in [-0.39, 0.29) is 0 Å². The van der Waals surface area contributed by atoms with Crippen molar-refractivity contribution in [1.82, 2.24) is 9.62 Å². The molecule has 0 atom stereocenters. The van der Waals surface area contributed by atoms with Crippen LogP contribution in [0.4, 0.5) is 0 Å². The number of thiol groups is 1. The molecule has 0 aliphatic carbocycles. The van der Waals surface area contributed by atoms with Crippen LogP contribution in [0.1, 0.15) is 0 Å². The van der Waals surface area contributed by atoms with Gasteiger partial charge < -0.3 is 4.90 Å². The van der Waals surface area contributed by atoms with Crippen molar-refractivity contribution in [3.8, 4) is 0 Å². The first-order chi connectivity index (χ1) is 4.93. The molecule has 1 rings (SSSR count). The van der Waals surface area contributed by atoms with Crippen LogP contribution in [0.15, 0.2) is 0 Å². The molecule has 0 saturated carbocycles. The monoisotopic (exact) mass is 178 g/mol. The SMILES string of the molecule is SNCCN1CCSCC1. The van der Waals surface area contributed by atoms with Crippen LogP contribution in [-0.4, -0.2) is 42.6 Å². The zero-order chi connectivity index (χ0) is 7.23. The third kappa shape index (κ3) is 3.14. The van der Waals surface area contributed by atoms with Crippen molar-refractivity contribution in [1.29, 1.82) is 0 Å². The Balaban J connectivity index is 2.02. The first-order valence-electron chi connectivity index (χ1n) is 3.60. The zero-order valence-corrected chi connectivity index (χ0v) is 7.76. The van der Waals surface area contributed by atoms with Crippen LogP contribution < -0.4 is 4.72 Å². The molecule has 0 radical (unpaired) electrons. The van der Waals surface area contributed by atoms with Crippen molar-refractivity contribution < 1.29 is 0 Å². The minimum Gasteiger partial charge on any atom is -0.300 e. The number of hydrogen-bond acceptors (Lipinski definition) is 4. The summed E-state index contributed by atoms with van der Waals surface area (Å²) >= 11 is 5.99. The van der Waals surface area contributed by atoms with Crippen molar-refractivity contribution in [2.24, 2.45) is 0 Å². The van der Waals surface area contributed by atoms with E-state index in [1.807, 2.05) is 0 Å². The predicted molar refractivity (Wildman–Crippen MR) is 50.8 cm³/mol. The highest BCUT2D eigenvalue weighted by atomic mass is 32.2. The summed E-state index contributed by atoms with van der Waals surface area (Å²) in [5.74, 6) is 2.60. The Morgan fingerprint density at radius 1 is 1.40 bits per heavy atom. The van der Waals surface area contributed by atoms with E-state index in [1.165, 1.54) is 24.6 Å². The van der Waals surface area contributed by atoms with Crippen LogP contribution in [0, 0.1) is 0 Å². The van der Waals surface area contributed by atoms with Gasteiger partial charge in [0.05, 0.1) is 0 Å². The zero-order valence-electron chi connectivity index (χ0n) is 6.05. The van der Waals surface area contributed by atoms with Crippen LogP contribution in [-0.2, 0) is 0 Å². The normalized spacial score (nSPS) is 21.3. The number of thioether (sulfide) groups is 1. The first kappa shape index (κ1) is 8.71. The molecule has 0 bridgehead atoms. The molecular formula is C6H14N2S2. The first-order valence-corrected chi connectivity index (χ1v) is 5.21. The highest BCUT2D eigenvalue weighted by Crippen LogP contribution is 2.07. The maximum absolute atomic E-state index is 3.94. The number of nitrogens with one attached hydrogen (secondary N) is 1. The Hall–Kier alpha value is 0.620. The molecule has 0 amide bonds. The van der Waals surface area contributed by atoms with Crippen molar-refractivity contribution in [3.63, 3.8) is 0 Å². The summed E-state index contributed by atoms with van der Waals surface area (Å²) in [6.45, 7) is 4.64. The van der Waals surface area contributed by atoms with E-state index in [1.54, 1.807) is 0 Å². The quantitative estimate of drug-likeness (QED) is 0.611. The minimum absolute atomic E-state index is 0.994. The van der Waals surface area contributed by atoms with Crippen LogP contribution in [0.3, 0.4) is 0 Å². The lowest BCUT2D eigenvalue weighted by molar-refractivity contribution is 0.309. The lowest BCUT2D eigenvalue weighted by Crippen LogP contribution is -2.36. The van der Waals surface area contributed by atoms with Gasteiger partial charge in [0.25, 0.3) is 0 Å². The number of rotatable bonds is 3. The Bertz CT molecular complexity index is 83.8. The summed E-state index contributed by atoms with van der Waals surface area (Å²) in [5, 5.41) is 0. The molecule has 1 fully saturated rings. The van der Waals surface area contributed by atoms with Crippen LogP contribution in [0.5, 0.6) is 0 Å². The topological polar surface area (TPSA) is 15.3 Å². The Kier molecular flexibility index (Phi) is 4.61. The largest absolute Gasteiger partial charge is 0.300 e. The molecule has 0 aromatic carbocycles. The van der Waals surface area contributed by atoms with Crippen molar-refractivity contribution in [3.05, 3.63) is 0 Å². The van der Waals surface area contributed by atoms with Crippen LogP contribution in [0.25, 0.3) is 0 Å². The summed E-state index contributed by atoms with van der Waals surface area (Å²) < 4.78 is 2.86. The summed E-state index contributed by atoms with van der Waals surface area (Å²) in [6, 6.07) is 0. The molecule has 0 spiro atoms. The molecule has 0 aromatic heterocycles. The molecule has 1 aliphatic heterocycles. The van der Waals surface area contributed by atoms with E-state index in [4.69, 9.17) is 0 Å². The lowest BCUT2D eigenvalue weighted by atomic mass is 10.5. The molecule has 4 heteroatoms. The predicted octanol–water partition coefficient (Wildman–Crippen LogP) is 0.470. The molecule has 10 heavy (non-hydrogen) atoms. The van der Waals surface area contributed by atoms with Crippen molar-refractivity contribution in [2.75, 3.05) is 37.7 Å². The van der Waals surface area contributed by atoms with E-state index in [2.05, 4.69) is 34.2 Å². The summed E-state index contributed by atoms with van der Waals surface area (Å²) in [5.41, 5.74) is 0. The highest BCUT2D eigenvalue weighted by Gasteiger charge is 2.08. The lowest BCUT2D eigenvalue weighted by Gasteiger charge is -2.25. The fraction of sp³-hybridized carbons (Fsp3) is 1.00. The summed E-state index contributed by atoms with van der Waals surface area (Å²) in [4.78, 5) is 2.47. The molecule has 2 nitrogen and oxygen atoms in total. The Morgan fingerprint density at radius 2 is 2.10 bits per heavy atom. The van der Waals surface area contributed by atoms with Gasteiger partial charge in [0.1, 0.15) is 0 Å². The molecule has 0 unspecified atom stereocenters. The third-order valence-corrected chi connectivity index (χ3v) is 2.81. The van der Waals surface area contributed by atoms with E-state index in [0.29, 0.717) is 0 Å². The van der Waals surface area contributed by atoms with Gasteiger partial charge in [-0.3, -0.25) is 4.72 Å². The van der Waals surface area contributed by atoms with Crippen molar-refractivity contribution >= 4 is 24.6 Å². The standard InChI is InChI=1S/C6H14N2S2/c9-7-1-2-8-3-5-10-6-4-8/h7,9H,1-6H2. The van der Waals surface area contributed by atoms with Crippen molar-refractivity contribution in [2.45, 2.75) is 0 Å². The van der Waals surface area contributed by atoms with Gasteiger partial charge in [-0.2, -0.15) is 11.8 Å². The van der Waals surface area contributed by atoms with Gasteiger partial charge in [-0.25, -0.2) is 0 Å². The fourth-order valence-corrected chi connectivity index (χ4v) is 2.11. The average Bonchev–Trinajstić information content (AvgIpc) is 2.03. The van der Waals surface area contributed by atoms with Crippen LogP contribution in [0.2, 0.25) is 0 Å².